The maximum Gasteiger partial charge on any atom is 0.108 e. The van der Waals surface area contributed by atoms with Gasteiger partial charge in [-0.2, -0.15) is 0 Å². The quantitative estimate of drug-likeness (QED) is 0.823. The molecular weight excluding hydrogens is 273 g/mol. The lowest BCUT2D eigenvalue weighted by molar-refractivity contribution is 0.0615. The molecule has 0 unspecified atom stereocenters. The van der Waals surface area contributed by atoms with Crippen molar-refractivity contribution in [1.82, 2.24) is 5.32 Å². The summed E-state index contributed by atoms with van der Waals surface area (Å²) >= 11 is 1.97. The van der Waals surface area contributed by atoms with Gasteiger partial charge in [0, 0.05) is 17.3 Å². The zero-order valence-electron chi connectivity index (χ0n) is 12.3. The Kier molecular flexibility index (Phi) is 6.33. The van der Waals surface area contributed by atoms with Crippen LogP contribution in [0, 0.1) is 0 Å². The average Bonchev–Trinajstić information content (AvgIpc) is 2.99. The van der Waals surface area contributed by atoms with E-state index in [1.807, 2.05) is 11.8 Å². The number of thioether (sulfide) groups is 1. The van der Waals surface area contributed by atoms with Crippen LogP contribution in [0.4, 0.5) is 4.39 Å². The molecule has 1 aliphatic rings. The Labute approximate surface area is 125 Å². The first-order valence-corrected chi connectivity index (χ1v) is 8.19. The molecule has 20 heavy (non-hydrogen) atoms. The minimum Gasteiger partial charge on any atom is -0.375 e. The maximum atomic E-state index is 13.0. The summed E-state index contributed by atoms with van der Waals surface area (Å²) in [5, 5.41) is 3.74. The molecule has 1 fully saturated rings. The molecule has 0 spiro atoms. The van der Waals surface area contributed by atoms with E-state index in [0.717, 1.165) is 10.8 Å². The third-order valence-corrected chi connectivity index (χ3v) is 5.32. The van der Waals surface area contributed by atoms with E-state index in [4.69, 9.17) is 4.74 Å². The summed E-state index contributed by atoms with van der Waals surface area (Å²) in [7, 11) is 3.40. The molecule has 4 heteroatoms. The highest BCUT2D eigenvalue weighted by molar-refractivity contribution is 8.00. The van der Waals surface area contributed by atoms with Crippen molar-refractivity contribution in [3.8, 4) is 0 Å². The second-order valence-electron chi connectivity index (χ2n) is 5.30. The van der Waals surface area contributed by atoms with Gasteiger partial charge in [-0.1, -0.05) is 25.0 Å². The van der Waals surface area contributed by atoms with Gasteiger partial charge in [0.25, 0.3) is 0 Å². The molecule has 1 aromatic carbocycles. The predicted octanol–water partition coefficient (Wildman–Crippen LogP) is 3.97. The molecule has 2 nitrogen and oxygen atoms in total. The van der Waals surface area contributed by atoms with Gasteiger partial charge in [0.05, 0.1) is 12.1 Å². The molecule has 2 rings (SSSR count). The molecule has 0 heterocycles. The van der Waals surface area contributed by atoms with Crippen molar-refractivity contribution in [3.05, 3.63) is 29.8 Å². The normalized spacial score (nSPS) is 19.1. The second-order valence-corrected chi connectivity index (χ2v) is 6.67. The van der Waals surface area contributed by atoms with Crippen molar-refractivity contribution in [2.75, 3.05) is 20.8 Å². The van der Waals surface area contributed by atoms with Crippen molar-refractivity contribution in [1.29, 1.82) is 0 Å². The number of ether oxygens (including phenoxy) is 1. The van der Waals surface area contributed by atoms with Crippen molar-refractivity contribution in [2.45, 2.75) is 48.0 Å². The lowest BCUT2D eigenvalue weighted by atomic mass is 10.0. The van der Waals surface area contributed by atoms with Gasteiger partial charge in [-0.05, 0) is 37.6 Å². The third kappa shape index (κ3) is 3.96. The van der Waals surface area contributed by atoms with Crippen LogP contribution in [0.2, 0.25) is 0 Å². The van der Waals surface area contributed by atoms with E-state index in [1.165, 1.54) is 30.6 Å². The average molecular weight is 297 g/mol. The van der Waals surface area contributed by atoms with E-state index in [2.05, 4.69) is 29.6 Å². The van der Waals surface area contributed by atoms with E-state index < -0.39 is 6.67 Å². The second kappa shape index (κ2) is 8.01. The van der Waals surface area contributed by atoms with Gasteiger partial charge in [-0.25, -0.2) is 4.39 Å². The van der Waals surface area contributed by atoms with Crippen LogP contribution in [0.25, 0.3) is 0 Å². The highest BCUT2D eigenvalue weighted by Gasteiger charge is 2.22. The molecular formula is C16H24FNOS. The summed E-state index contributed by atoms with van der Waals surface area (Å²) in [6.07, 6.45) is 5.15. The minimum atomic E-state index is -0.437. The molecule has 0 saturated heterocycles. The number of alkyl halides is 1. The molecule has 0 amide bonds. The van der Waals surface area contributed by atoms with Gasteiger partial charge >= 0.3 is 0 Å². The topological polar surface area (TPSA) is 21.3 Å². The Bertz CT molecular complexity index is 388. The van der Waals surface area contributed by atoms with Gasteiger partial charge in [0.2, 0.25) is 0 Å². The highest BCUT2D eigenvalue weighted by Crippen LogP contribution is 2.35. The Balaban J connectivity index is 2.01. The predicted molar refractivity (Wildman–Crippen MR) is 83.1 cm³/mol. The van der Waals surface area contributed by atoms with Crippen molar-refractivity contribution >= 4 is 11.8 Å². The molecule has 1 N–H and O–H groups in total. The summed E-state index contributed by atoms with van der Waals surface area (Å²) < 4.78 is 18.4. The van der Waals surface area contributed by atoms with E-state index >= 15 is 0 Å². The molecule has 1 aromatic rings. The molecule has 0 bridgehead atoms. The van der Waals surface area contributed by atoms with Crippen LogP contribution in [0.3, 0.4) is 0 Å². The molecule has 0 aliphatic heterocycles. The smallest absolute Gasteiger partial charge is 0.108 e. The van der Waals surface area contributed by atoms with Crippen molar-refractivity contribution < 1.29 is 9.13 Å². The summed E-state index contributed by atoms with van der Waals surface area (Å²) in [5.74, 6) is 0. The van der Waals surface area contributed by atoms with E-state index in [1.54, 1.807) is 14.2 Å². The maximum absolute atomic E-state index is 13.0. The van der Waals surface area contributed by atoms with E-state index in [9.17, 15) is 4.39 Å². The fourth-order valence-electron chi connectivity index (χ4n) is 2.78. The van der Waals surface area contributed by atoms with Crippen LogP contribution in [0.15, 0.2) is 29.2 Å². The molecule has 112 valence electrons. The van der Waals surface area contributed by atoms with E-state index in [-0.39, 0.29) is 12.1 Å². The molecule has 1 saturated carbocycles. The van der Waals surface area contributed by atoms with Crippen molar-refractivity contribution in [2.24, 2.45) is 0 Å². The van der Waals surface area contributed by atoms with Crippen LogP contribution in [0.1, 0.15) is 37.4 Å². The third-order valence-electron chi connectivity index (χ3n) is 3.97. The fourth-order valence-corrected chi connectivity index (χ4v) is 4.02. The first kappa shape index (κ1) is 15.8. The Morgan fingerprint density at radius 2 is 1.95 bits per heavy atom. The number of hydrogen-bond acceptors (Lipinski definition) is 3. The van der Waals surface area contributed by atoms with Crippen LogP contribution in [0.5, 0.6) is 0 Å². The van der Waals surface area contributed by atoms with Gasteiger partial charge in [-0.15, -0.1) is 11.8 Å². The Morgan fingerprint density at radius 3 is 2.45 bits per heavy atom. The highest BCUT2D eigenvalue weighted by atomic mass is 32.2. The molecule has 2 atom stereocenters. The summed E-state index contributed by atoms with van der Waals surface area (Å²) in [6.45, 7) is -0.437. The van der Waals surface area contributed by atoms with Gasteiger partial charge in [-0.3, -0.25) is 0 Å². The monoisotopic (exact) mass is 297 g/mol. The molecule has 0 radical (unpaired) electrons. The number of likely N-dealkylation sites (N-methyl/N-ethyl adjacent to an activating group) is 1. The number of halogens is 1. The van der Waals surface area contributed by atoms with Gasteiger partial charge < -0.3 is 10.1 Å². The standard InChI is InChI=1S/C16H24FNOS/c1-18-15(11-17)16(19-2)12-7-9-14(10-8-12)20-13-5-3-4-6-13/h7-10,13,15-16,18H,3-6,11H2,1-2H3/t15-,16-/m1/s1. The summed E-state index contributed by atoms with van der Waals surface area (Å²) in [4.78, 5) is 1.30. The zero-order valence-corrected chi connectivity index (χ0v) is 13.1. The number of benzene rings is 1. The minimum absolute atomic E-state index is 0.240. The number of nitrogens with one attached hydrogen (secondary N) is 1. The van der Waals surface area contributed by atoms with E-state index in [0.29, 0.717) is 0 Å². The van der Waals surface area contributed by atoms with Crippen LogP contribution in [-0.4, -0.2) is 32.1 Å². The fraction of sp³-hybridized carbons (Fsp3) is 0.625. The van der Waals surface area contributed by atoms with Crippen LogP contribution >= 0.6 is 11.8 Å². The summed E-state index contributed by atoms with van der Waals surface area (Å²) in [5.41, 5.74) is 1.03. The molecule has 0 aromatic heterocycles. The Hall–Kier alpha value is -0.580. The number of methoxy groups -OCH3 is 1. The Morgan fingerprint density at radius 1 is 1.30 bits per heavy atom. The first-order valence-electron chi connectivity index (χ1n) is 7.31. The lowest BCUT2D eigenvalue weighted by Gasteiger charge is -2.24. The van der Waals surface area contributed by atoms with Crippen LogP contribution in [-0.2, 0) is 4.74 Å². The number of rotatable bonds is 7. The lowest BCUT2D eigenvalue weighted by Crippen LogP contribution is -2.35. The first-order chi connectivity index (χ1) is 9.78. The SMILES string of the molecule is CN[C@H](CF)[C@H](OC)c1ccc(SC2CCCC2)cc1. The number of hydrogen-bond donors (Lipinski definition) is 1. The zero-order chi connectivity index (χ0) is 14.4. The largest absolute Gasteiger partial charge is 0.375 e. The molecule has 1 aliphatic carbocycles. The van der Waals surface area contributed by atoms with Gasteiger partial charge in [0.1, 0.15) is 6.67 Å². The van der Waals surface area contributed by atoms with Crippen LogP contribution < -0.4 is 5.32 Å². The van der Waals surface area contributed by atoms with Crippen molar-refractivity contribution in [3.63, 3.8) is 0 Å². The summed E-state index contributed by atoms with van der Waals surface area (Å²) in [6, 6.07) is 8.09. The van der Waals surface area contributed by atoms with Gasteiger partial charge in [0.15, 0.2) is 0 Å².